The number of primary amides is 1. The third-order valence-electron chi connectivity index (χ3n) is 7.57. The van der Waals surface area contributed by atoms with E-state index in [-0.39, 0.29) is 29.7 Å². The van der Waals surface area contributed by atoms with Gasteiger partial charge in [-0.3, -0.25) is 9.69 Å². The van der Waals surface area contributed by atoms with Gasteiger partial charge in [0.2, 0.25) is 11.9 Å². The van der Waals surface area contributed by atoms with Crippen LogP contribution in [0.25, 0.3) is 10.2 Å². The fourth-order valence-corrected chi connectivity index (χ4v) is 6.73. The molecule has 2 unspecified atom stereocenters. The van der Waals surface area contributed by atoms with Crippen molar-refractivity contribution >= 4 is 44.9 Å². The van der Waals surface area contributed by atoms with Gasteiger partial charge in [-0.2, -0.15) is 4.98 Å². The number of aromatic nitrogens is 2. The van der Waals surface area contributed by atoms with Gasteiger partial charge in [-0.1, -0.05) is 12.2 Å². The molecule has 4 atom stereocenters. The van der Waals surface area contributed by atoms with Crippen LogP contribution in [-0.2, 0) is 4.79 Å². The molecule has 0 spiro atoms. The number of nitrogens with one attached hydrogen (secondary N) is 2. The van der Waals surface area contributed by atoms with Gasteiger partial charge in [-0.05, 0) is 81.4 Å². The first-order valence-corrected chi connectivity index (χ1v) is 13.6. The minimum absolute atomic E-state index is 0.0529. The summed E-state index contributed by atoms with van der Waals surface area (Å²) in [4.78, 5) is 25.4. The predicted molar refractivity (Wildman–Crippen MR) is 144 cm³/mol. The summed E-state index contributed by atoms with van der Waals surface area (Å²) in [7, 11) is 0. The number of amides is 1. The molecule has 1 saturated heterocycles. The molecule has 2 bridgehead atoms. The second kappa shape index (κ2) is 9.71. The molecule has 1 saturated carbocycles. The number of nitrogens with zero attached hydrogens (tertiary/aromatic N) is 3. The largest absolute Gasteiger partial charge is 0.492 e. The molecule has 2 aromatic heterocycles. The Labute approximate surface area is 214 Å². The molecule has 0 radical (unpaired) electrons. The minimum Gasteiger partial charge on any atom is -0.492 e. The first-order valence-electron chi connectivity index (χ1n) is 12.8. The monoisotopic (exact) mass is 504 g/mol. The summed E-state index contributed by atoms with van der Waals surface area (Å²) >= 11 is 1.66. The number of carbonyl (C=O) groups excluding carboxylic acids is 1. The van der Waals surface area contributed by atoms with Crippen LogP contribution in [0.5, 0.6) is 5.75 Å². The number of likely N-dealkylation sites (tertiary alicyclic amines) is 1. The van der Waals surface area contributed by atoms with Gasteiger partial charge in [0.15, 0.2) is 0 Å². The van der Waals surface area contributed by atoms with Crippen molar-refractivity contribution in [1.29, 1.82) is 0 Å². The topological polar surface area (TPSA) is 105 Å². The molecule has 1 amide bonds. The molecule has 4 N–H and O–H groups in total. The minimum atomic E-state index is -0.252. The van der Waals surface area contributed by atoms with Crippen molar-refractivity contribution in [3.8, 4) is 5.75 Å². The van der Waals surface area contributed by atoms with Gasteiger partial charge >= 0.3 is 0 Å². The van der Waals surface area contributed by atoms with Crippen LogP contribution in [0.2, 0.25) is 0 Å². The molecule has 1 aliphatic heterocycles. The lowest BCUT2D eigenvalue weighted by molar-refractivity contribution is -0.122. The van der Waals surface area contributed by atoms with Crippen molar-refractivity contribution in [3.05, 3.63) is 47.4 Å². The number of thiophene rings is 1. The second-order valence-corrected chi connectivity index (χ2v) is 11.3. The van der Waals surface area contributed by atoms with Crippen molar-refractivity contribution in [1.82, 2.24) is 14.9 Å². The molecule has 6 rings (SSSR count). The molecular formula is C27H32N6O2S. The van der Waals surface area contributed by atoms with E-state index in [2.05, 4.69) is 40.7 Å². The van der Waals surface area contributed by atoms with E-state index >= 15 is 0 Å². The molecule has 9 heteroatoms. The van der Waals surface area contributed by atoms with E-state index in [9.17, 15) is 4.79 Å². The predicted octanol–water partition coefficient (Wildman–Crippen LogP) is 4.31. The lowest BCUT2D eigenvalue weighted by atomic mass is 9.88. The Balaban J connectivity index is 1.18. The van der Waals surface area contributed by atoms with E-state index < -0.39 is 0 Å². The Kier molecular flexibility index (Phi) is 6.27. The third-order valence-corrected chi connectivity index (χ3v) is 8.62. The molecule has 2 aliphatic carbocycles. The van der Waals surface area contributed by atoms with Crippen LogP contribution in [0.3, 0.4) is 0 Å². The van der Waals surface area contributed by atoms with Gasteiger partial charge in [0.1, 0.15) is 18.2 Å². The van der Waals surface area contributed by atoms with Gasteiger partial charge in [-0.15, -0.1) is 11.3 Å². The molecule has 1 aromatic carbocycles. The Hall–Kier alpha value is -3.17. The molecule has 2 fully saturated rings. The zero-order chi connectivity index (χ0) is 24.6. The number of hydrogen-bond acceptors (Lipinski definition) is 8. The van der Waals surface area contributed by atoms with Crippen LogP contribution >= 0.6 is 11.3 Å². The SMILES string of the molecule is Cc1cc2nc(Nc3ccc(OCCN4CCCC4)cc3)nc(N[C@@H]3C4C=CC(C4)[C@@H]3C(N)=O)c2s1. The van der Waals surface area contributed by atoms with Crippen molar-refractivity contribution in [2.24, 2.45) is 23.5 Å². The number of rotatable bonds is 9. The highest BCUT2D eigenvalue weighted by Gasteiger charge is 2.47. The van der Waals surface area contributed by atoms with Crippen LogP contribution in [0.4, 0.5) is 17.5 Å². The van der Waals surface area contributed by atoms with Gasteiger partial charge < -0.3 is 21.1 Å². The van der Waals surface area contributed by atoms with Crippen molar-refractivity contribution in [3.63, 3.8) is 0 Å². The van der Waals surface area contributed by atoms with Crippen LogP contribution in [-0.4, -0.2) is 53.1 Å². The first-order chi connectivity index (χ1) is 17.5. The molecule has 36 heavy (non-hydrogen) atoms. The van der Waals surface area contributed by atoms with Crippen LogP contribution in [0, 0.1) is 24.7 Å². The van der Waals surface area contributed by atoms with Crippen LogP contribution < -0.4 is 21.1 Å². The summed E-state index contributed by atoms with van der Waals surface area (Å²) < 4.78 is 6.92. The zero-order valence-electron chi connectivity index (χ0n) is 20.4. The number of ether oxygens (including phenoxy) is 1. The number of aryl methyl sites for hydroxylation is 1. The van der Waals surface area contributed by atoms with Crippen molar-refractivity contribution in [2.45, 2.75) is 32.2 Å². The van der Waals surface area contributed by atoms with E-state index in [1.54, 1.807) is 11.3 Å². The summed E-state index contributed by atoms with van der Waals surface area (Å²) in [5.41, 5.74) is 7.55. The summed E-state index contributed by atoms with van der Waals surface area (Å²) in [6.07, 6.45) is 7.88. The number of hydrogen-bond donors (Lipinski definition) is 3. The summed E-state index contributed by atoms with van der Waals surface area (Å²) in [5.74, 6) is 2.14. The van der Waals surface area contributed by atoms with Gasteiger partial charge in [0.05, 0.1) is 16.1 Å². The lowest BCUT2D eigenvalue weighted by Crippen LogP contribution is -2.41. The number of carbonyl (C=O) groups is 1. The Bertz CT molecular complexity index is 1280. The average Bonchev–Trinajstić information content (AvgIpc) is 3.65. The third kappa shape index (κ3) is 4.65. The van der Waals surface area contributed by atoms with E-state index in [1.165, 1.54) is 25.9 Å². The summed E-state index contributed by atoms with van der Waals surface area (Å²) in [5, 5.41) is 6.92. The Morgan fingerprint density at radius 3 is 2.72 bits per heavy atom. The van der Waals surface area contributed by atoms with E-state index in [0.717, 1.165) is 45.3 Å². The van der Waals surface area contributed by atoms with Gasteiger partial charge in [0, 0.05) is 23.2 Å². The smallest absolute Gasteiger partial charge is 0.229 e. The maximum Gasteiger partial charge on any atom is 0.229 e. The average molecular weight is 505 g/mol. The van der Waals surface area contributed by atoms with E-state index in [0.29, 0.717) is 12.6 Å². The fourth-order valence-electron chi connectivity index (χ4n) is 5.83. The lowest BCUT2D eigenvalue weighted by Gasteiger charge is -2.27. The quantitative estimate of drug-likeness (QED) is 0.373. The second-order valence-electron chi connectivity index (χ2n) is 10.1. The van der Waals surface area contributed by atoms with Gasteiger partial charge in [-0.25, -0.2) is 4.98 Å². The highest BCUT2D eigenvalue weighted by atomic mass is 32.1. The van der Waals surface area contributed by atoms with E-state index in [1.807, 2.05) is 24.3 Å². The number of allylic oxidation sites excluding steroid dienone is 1. The molecule has 3 heterocycles. The molecule has 188 valence electrons. The number of nitrogens with two attached hydrogens (primary N) is 1. The number of benzene rings is 1. The summed E-state index contributed by atoms with van der Waals surface area (Å²) in [6, 6.07) is 9.92. The normalized spacial score (nSPS) is 25.0. The Morgan fingerprint density at radius 1 is 1.17 bits per heavy atom. The molecule has 3 aromatic rings. The molecular weight excluding hydrogens is 472 g/mol. The summed E-state index contributed by atoms with van der Waals surface area (Å²) in [6.45, 7) is 6.10. The van der Waals surface area contributed by atoms with Gasteiger partial charge in [0.25, 0.3) is 0 Å². The highest BCUT2D eigenvalue weighted by molar-refractivity contribution is 7.19. The fraction of sp³-hybridized carbons (Fsp3) is 0.444. The van der Waals surface area contributed by atoms with Crippen LogP contribution in [0.1, 0.15) is 24.1 Å². The Morgan fingerprint density at radius 2 is 1.94 bits per heavy atom. The van der Waals surface area contributed by atoms with Crippen LogP contribution in [0.15, 0.2) is 42.5 Å². The van der Waals surface area contributed by atoms with Crippen molar-refractivity contribution in [2.75, 3.05) is 36.9 Å². The number of anilines is 3. The number of fused-ring (bicyclic) bond motifs is 3. The standard InChI is InChI=1S/C27H32N6O2S/c1-16-14-21-24(36-16)26(31-23-18-5-4-17(15-18)22(23)25(28)34)32-27(30-21)29-19-6-8-20(9-7-19)35-13-12-33-10-2-3-11-33/h4-9,14,17-18,22-23H,2-3,10-13,15H2,1H3,(H2,28,34)(H2,29,30,31,32)/t17?,18?,22-,23+/m0/s1. The maximum absolute atomic E-state index is 12.2. The highest BCUT2D eigenvalue weighted by Crippen LogP contribution is 2.45. The molecule has 3 aliphatic rings. The maximum atomic E-state index is 12.2. The van der Waals surface area contributed by atoms with Crippen molar-refractivity contribution < 1.29 is 9.53 Å². The van der Waals surface area contributed by atoms with E-state index in [4.69, 9.17) is 20.4 Å². The molecule has 8 nitrogen and oxygen atoms in total. The first kappa shape index (κ1) is 23.2. The zero-order valence-corrected chi connectivity index (χ0v) is 21.3.